The number of carboxylic acid groups (broad SMARTS) is 1. The number of amides is 1. The summed E-state index contributed by atoms with van der Waals surface area (Å²) in [5.74, 6) is -1.68. The van der Waals surface area contributed by atoms with E-state index in [4.69, 9.17) is 5.11 Å². The molecule has 6 nitrogen and oxygen atoms in total. The Kier molecular flexibility index (Phi) is 4.59. The number of carbonyl (C=O) groups excluding carboxylic acids is 1. The lowest BCUT2D eigenvalue weighted by molar-refractivity contribution is -0.144. The number of carbonyl (C=O) groups is 2. The van der Waals surface area contributed by atoms with E-state index in [0.29, 0.717) is 12.8 Å². The van der Waals surface area contributed by atoms with Gasteiger partial charge in [-0.25, -0.2) is 0 Å². The number of thiazole rings is 1. The minimum absolute atomic E-state index is 0.0446. The summed E-state index contributed by atoms with van der Waals surface area (Å²) in [7, 11) is 0. The Bertz CT molecular complexity index is 563. The van der Waals surface area contributed by atoms with E-state index in [2.05, 4.69) is 5.32 Å². The first-order valence-electron chi connectivity index (χ1n) is 6.66. The molecule has 0 aromatic carbocycles. The summed E-state index contributed by atoms with van der Waals surface area (Å²) in [6.45, 7) is 1.73. The van der Waals surface area contributed by atoms with E-state index in [1.54, 1.807) is 12.3 Å². The zero-order chi connectivity index (χ0) is 14.7. The Morgan fingerprint density at radius 1 is 1.45 bits per heavy atom. The van der Waals surface area contributed by atoms with Crippen molar-refractivity contribution in [2.24, 2.45) is 5.92 Å². The number of nitrogens with one attached hydrogen (secondary N) is 1. The molecule has 0 bridgehead atoms. The molecule has 7 heteroatoms. The molecule has 2 unspecified atom stereocenters. The van der Waals surface area contributed by atoms with Crippen molar-refractivity contribution in [3.63, 3.8) is 0 Å². The Hall–Kier alpha value is -1.63. The van der Waals surface area contributed by atoms with E-state index >= 15 is 0 Å². The van der Waals surface area contributed by atoms with Crippen LogP contribution in [0.1, 0.15) is 31.4 Å². The van der Waals surface area contributed by atoms with Crippen LogP contribution >= 0.6 is 11.3 Å². The molecule has 0 radical (unpaired) electrons. The first-order chi connectivity index (χ1) is 9.49. The average Bonchev–Trinajstić information content (AvgIpc) is 2.71. The van der Waals surface area contributed by atoms with Gasteiger partial charge < -0.3 is 10.4 Å². The molecule has 20 heavy (non-hydrogen) atoms. The molecule has 0 spiro atoms. The van der Waals surface area contributed by atoms with Gasteiger partial charge in [0, 0.05) is 17.1 Å². The molecule has 1 aliphatic carbocycles. The number of hydrogen-bond acceptors (Lipinski definition) is 4. The molecule has 1 aromatic heterocycles. The van der Waals surface area contributed by atoms with Gasteiger partial charge in [0.2, 0.25) is 5.91 Å². The molecular formula is C13H18N2O4S. The van der Waals surface area contributed by atoms with E-state index in [-0.39, 0.29) is 23.4 Å². The molecule has 1 amide bonds. The van der Waals surface area contributed by atoms with Gasteiger partial charge in [-0.2, -0.15) is 0 Å². The summed E-state index contributed by atoms with van der Waals surface area (Å²) in [5, 5.41) is 13.6. The summed E-state index contributed by atoms with van der Waals surface area (Å²) < 4.78 is 1.40. The fourth-order valence-corrected chi connectivity index (χ4v) is 3.33. The number of nitrogens with zero attached hydrogens (tertiary/aromatic N) is 1. The Morgan fingerprint density at radius 2 is 2.15 bits per heavy atom. The van der Waals surface area contributed by atoms with E-state index < -0.39 is 11.9 Å². The molecule has 1 heterocycles. The van der Waals surface area contributed by atoms with E-state index in [9.17, 15) is 14.4 Å². The van der Waals surface area contributed by atoms with Crippen LogP contribution in [0.15, 0.2) is 10.2 Å². The highest BCUT2D eigenvalue weighted by Crippen LogP contribution is 2.24. The lowest BCUT2D eigenvalue weighted by Crippen LogP contribution is -2.46. The summed E-state index contributed by atoms with van der Waals surface area (Å²) in [4.78, 5) is 34.5. The van der Waals surface area contributed by atoms with Crippen molar-refractivity contribution in [2.45, 2.75) is 45.2 Å². The van der Waals surface area contributed by atoms with Crippen LogP contribution in [-0.4, -0.2) is 27.6 Å². The number of rotatable bonds is 4. The second-order valence-electron chi connectivity index (χ2n) is 5.13. The van der Waals surface area contributed by atoms with Crippen LogP contribution < -0.4 is 10.2 Å². The highest BCUT2D eigenvalue weighted by atomic mass is 32.1. The monoisotopic (exact) mass is 298 g/mol. The predicted molar refractivity (Wildman–Crippen MR) is 74.8 cm³/mol. The molecule has 2 atom stereocenters. The number of hydrogen-bond donors (Lipinski definition) is 2. The smallest absolute Gasteiger partial charge is 0.308 e. The van der Waals surface area contributed by atoms with Gasteiger partial charge in [-0.05, 0) is 19.8 Å². The molecule has 2 N–H and O–H groups in total. The largest absolute Gasteiger partial charge is 0.481 e. The van der Waals surface area contributed by atoms with Crippen LogP contribution in [0.25, 0.3) is 0 Å². The Labute approximate surface area is 120 Å². The zero-order valence-corrected chi connectivity index (χ0v) is 12.1. The van der Waals surface area contributed by atoms with Crippen LogP contribution in [-0.2, 0) is 16.1 Å². The van der Waals surface area contributed by atoms with Gasteiger partial charge in [0.15, 0.2) is 0 Å². The number of carboxylic acids is 1. The standard InChI is InChI=1S/C13H18N2O4S/c1-8-7-20-13(19)15(8)6-11(16)14-10-5-3-2-4-9(10)12(17)18/h7,9-10H,2-6H2,1H3,(H,14,16)(H,17,18). The number of aliphatic carboxylic acids is 1. The fourth-order valence-electron chi connectivity index (χ4n) is 2.59. The fraction of sp³-hybridized carbons (Fsp3) is 0.615. The summed E-state index contributed by atoms with van der Waals surface area (Å²) in [6.07, 6.45) is 3.08. The van der Waals surface area contributed by atoms with Gasteiger partial charge in [-0.3, -0.25) is 19.0 Å². The highest BCUT2D eigenvalue weighted by molar-refractivity contribution is 7.07. The predicted octanol–water partition coefficient (Wildman–Crippen LogP) is 0.978. The van der Waals surface area contributed by atoms with Crippen molar-refractivity contribution < 1.29 is 14.7 Å². The van der Waals surface area contributed by atoms with E-state index in [0.717, 1.165) is 29.9 Å². The van der Waals surface area contributed by atoms with Gasteiger partial charge in [0.05, 0.1) is 5.92 Å². The SMILES string of the molecule is Cc1csc(=O)n1CC(=O)NC1CCCCC1C(=O)O. The lowest BCUT2D eigenvalue weighted by atomic mass is 9.84. The van der Waals surface area contributed by atoms with Gasteiger partial charge in [-0.15, -0.1) is 0 Å². The molecule has 1 saturated carbocycles. The van der Waals surface area contributed by atoms with Crippen molar-refractivity contribution >= 4 is 23.2 Å². The van der Waals surface area contributed by atoms with Crippen molar-refractivity contribution in [2.75, 3.05) is 0 Å². The zero-order valence-electron chi connectivity index (χ0n) is 11.3. The number of aryl methyl sites for hydroxylation is 1. The maximum absolute atomic E-state index is 12.0. The molecule has 1 fully saturated rings. The van der Waals surface area contributed by atoms with Gasteiger partial charge in [0.1, 0.15) is 6.54 Å². The quantitative estimate of drug-likeness (QED) is 0.867. The Balaban J connectivity index is 2.00. The third-order valence-corrected chi connectivity index (χ3v) is 4.59. The highest BCUT2D eigenvalue weighted by Gasteiger charge is 2.31. The van der Waals surface area contributed by atoms with Crippen LogP contribution in [0.2, 0.25) is 0 Å². The van der Waals surface area contributed by atoms with Gasteiger partial charge in [0.25, 0.3) is 0 Å². The first-order valence-corrected chi connectivity index (χ1v) is 7.54. The lowest BCUT2D eigenvalue weighted by Gasteiger charge is -2.29. The van der Waals surface area contributed by atoms with Gasteiger partial charge in [-0.1, -0.05) is 24.2 Å². The molecule has 0 saturated heterocycles. The molecule has 1 aromatic rings. The maximum Gasteiger partial charge on any atom is 0.308 e. The minimum atomic E-state index is -0.862. The van der Waals surface area contributed by atoms with Crippen molar-refractivity contribution in [3.05, 3.63) is 20.7 Å². The topological polar surface area (TPSA) is 88.4 Å². The van der Waals surface area contributed by atoms with Gasteiger partial charge >= 0.3 is 10.8 Å². The summed E-state index contributed by atoms with van der Waals surface area (Å²) in [6, 6.07) is -0.330. The summed E-state index contributed by atoms with van der Waals surface area (Å²) >= 11 is 1.06. The second kappa shape index (κ2) is 6.21. The third kappa shape index (κ3) is 3.27. The van der Waals surface area contributed by atoms with Crippen LogP contribution in [0, 0.1) is 12.8 Å². The van der Waals surface area contributed by atoms with E-state index in [1.165, 1.54) is 4.57 Å². The third-order valence-electron chi connectivity index (χ3n) is 3.71. The van der Waals surface area contributed by atoms with Crippen LogP contribution in [0.5, 0.6) is 0 Å². The molecule has 1 aliphatic rings. The van der Waals surface area contributed by atoms with Crippen LogP contribution in [0.3, 0.4) is 0 Å². The second-order valence-corrected chi connectivity index (χ2v) is 5.95. The molecule has 2 rings (SSSR count). The summed E-state index contributed by atoms with van der Waals surface area (Å²) in [5.41, 5.74) is 0.744. The minimum Gasteiger partial charge on any atom is -0.481 e. The number of aromatic nitrogens is 1. The molecular weight excluding hydrogens is 280 g/mol. The Morgan fingerprint density at radius 3 is 2.75 bits per heavy atom. The van der Waals surface area contributed by atoms with Crippen LogP contribution in [0.4, 0.5) is 0 Å². The molecule has 110 valence electrons. The van der Waals surface area contributed by atoms with E-state index in [1.807, 2.05) is 0 Å². The van der Waals surface area contributed by atoms with Crippen molar-refractivity contribution in [3.8, 4) is 0 Å². The van der Waals surface area contributed by atoms with Crippen molar-refractivity contribution in [1.82, 2.24) is 9.88 Å². The van der Waals surface area contributed by atoms with Crippen molar-refractivity contribution in [1.29, 1.82) is 0 Å². The normalized spacial score (nSPS) is 22.4. The molecule has 0 aliphatic heterocycles. The first kappa shape index (κ1) is 14.8. The average molecular weight is 298 g/mol. The maximum atomic E-state index is 12.0.